The van der Waals surface area contributed by atoms with Gasteiger partial charge in [0, 0.05) is 42.8 Å². The summed E-state index contributed by atoms with van der Waals surface area (Å²) in [5, 5.41) is 41.3. The number of hydrogen-bond acceptors (Lipinski definition) is 8. The van der Waals surface area contributed by atoms with Gasteiger partial charge in [0.05, 0.1) is 22.9 Å². The molecule has 0 amide bonds. The Bertz CT molecular complexity index is 1200. The first-order valence-electron chi connectivity index (χ1n) is 12.6. The van der Waals surface area contributed by atoms with Gasteiger partial charge in [-0.1, -0.05) is 35.3 Å². The summed E-state index contributed by atoms with van der Waals surface area (Å²) in [6, 6.07) is 10.9. The van der Waals surface area contributed by atoms with Gasteiger partial charge >= 0.3 is 18.1 Å². The van der Waals surface area contributed by atoms with E-state index in [0.29, 0.717) is 24.8 Å². The molecule has 1 unspecified atom stereocenters. The van der Waals surface area contributed by atoms with Crippen LogP contribution in [0.4, 0.5) is 18.9 Å². The normalized spacial score (nSPS) is 19.9. The molecule has 0 radical (unpaired) electrons. The molecule has 15 heteroatoms. The second-order valence-electron chi connectivity index (χ2n) is 9.68. The fraction of sp³-hybridized carbons (Fsp3) is 0.462. The number of β-amino-alcohol motifs (C(OH)–C–C–N with tert-alkyl or cyclic N) is 1. The third kappa shape index (κ3) is 9.82. The number of carboxylic acid groups (broad SMARTS) is 2. The zero-order valence-electron chi connectivity index (χ0n) is 21.7. The first kappa shape index (κ1) is 32.5. The number of phenolic OH excluding ortho intramolecular Hbond substituents is 1. The molecule has 10 nitrogen and oxygen atoms in total. The largest absolute Gasteiger partial charge is 0.506 e. The van der Waals surface area contributed by atoms with Gasteiger partial charge in [-0.25, -0.2) is 9.59 Å². The Labute approximate surface area is 243 Å². The van der Waals surface area contributed by atoms with Crippen molar-refractivity contribution in [1.29, 1.82) is 0 Å². The molecule has 0 aliphatic carbocycles. The van der Waals surface area contributed by atoms with Crippen molar-refractivity contribution in [2.75, 3.05) is 37.7 Å². The molecule has 0 bridgehead atoms. The number of carbonyl (C=O) groups is 2. The van der Waals surface area contributed by atoms with Gasteiger partial charge in [0.15, 0.2) is 6.61 Å². The maximum Gasteiger partial charge on any atom is 0.490 e. The highest BCUT2D eigenvalue weighted by Gasteiger charge is 2.38. The minimum atomic E-state index is -5.08. The maximum atomic E-state index is 10.9. The van der Waals surface area contributed by atoms with Crippen molar-refractivity contribution in [2.45, 2.75) is 43.8 Å². The van der Waals surface area contributed by atoms with Crippen LogP contribution in [0.15, 0.2) is 36.4 Å². The van der Waals surface area contributed by atoms with Gasteiger partial charge in [0.1, 0.15) is 11.5 Å². The number of piperidine rings is 1. The number of nitrogens with one attached hydrogen (secondary N) is 1. The van der Waals surface area contributed by atoms with Crippen molar-refractivity contribution >= 4 is 40.8 Å². The number of likely N-dealkylation sites (tertiary alicyclic amines) is 1. The molecule has 2 aromatic carbocycles. The number of aromatic hydroxyl groups is 1. The average molecular weight is 624 g/mol. The minimum absolute atomic E-state index is 0.0731. The molecule has 41 heavy (non-hydrogen) atoms. The lowest BCUT2D eigenvalue weighted by molar-refractivity contribution is -0.192. The summed E-state index contributed by atoms with van der Waals surface area (Å²) in [7, 11) is 0. The highest BCUT2D eigenvalue weighted by atomic mass is 35.5. The SMILES string of the molecule is O=C(O)C(F)(F)F.O=C(O)COc1cc(Cl)c(O)cc1N1CC(NC2CCN(Cc3ccc(Cl)cc3)CC2)[C@H](O)C1. The Morgan fingerprint density at radius 1 is 1.05 bits per heavy atom. The minimum Gasteiger partial charge on any atom is -0.506 e. The molecule has 226 valence electrons. The van der Waals surface area contributed by atoms with Crippen LogP contribution >= 0.6 is 23.2 Å². The second kappa shape index (κ2) is 14.3. The zero-order chi connectivity index (χ0) is 30.3. The molecule has 4 rings (SSSR count). The van der Waals surface area contributed by atoms with E-state index < -0.39 is 30.8 Å². The Balaban J connectivity index is 0.000000587. The fourth-order valence-electron chi connectivity index (χ4n) is 4.59. The van der Waals surface area contributed by atoms with Crippen molar-refractivity contribution in [3.8, 4) is 11.5 Å². The summed E-state index contributed by atoms with van der Waals surface area (Å²) in [5.74, 6) is -3.74. The monoisotopic (exact) mass is 623 g/mol. The van der Waals surface area contributed by atoms with E-state index in [4.69, 9.17) is 42.9 Å². The summed E-state index contributed by atoms with van der Waals surface area (Å²) in [5.41, 5.74) is 1.74. The molecule has 0 spiro atoms. The molecule has 0 saturated carbocycles. The van der Waals surface area contributed by atoms with Gasteiger partial charge in [-0.2, -0.15) is 13.2 Å². The number of aliphatic carboxylic acids is 2. The van der Waals surface area contributed by atoms with Gasteiger partial charge < -0.3 is 35.4 Å². The number of benzene rings is 2. The maximum absolute atomic E-state index is 10.9. The van der Waals surface area contributed by atoms with E-state index in [0.717, 1.165) is 37.5 Å². The third-order valence-electron chi connectivity index (χ3n) is 6.61. The van der Waals surface area contributed by atoms with E-state index in [-0.39, 0.29) is 22.6 Å². The number of alkyl halides is 3. The van der Waals surface area contributed by atoms with Crippen LogP contribution in [0.5, 0.6) is 11.5 Å². The number of anilines is 1. The quantitative estimate of drug-likeness (QED) is 0.296. The fourth-order valence-corrected chi connectivity index (χ4v) is 4.87. The lowest BCUT2D eigenvalue weighted by Crippen LogP contribution is -2.49. The molecule has 2 aliphatic heterocycles. The van der Waals surface area contributed by atoms with Crippen LogP contribution in [0, 0.1) is 0 Å². The molecule has 2 heterocycles. The Kier molecular flexibility index (Phi) is 11.3. The van der Waals surface area contributed by atoms with Crippen LogP contribution in [0.25, 0.3) is 0 Å². The molecule has 2 aromatic rings. The summed E-state index contributed by atoms with van der Waals surface area (Å²) >= 11 is 12.0. The highest BCUT2D eigenvalue weighted by Crippen LogP contribution is 2.39. The van der Waals surface area contributed by atoms with Crippen molar-refractivity contribution in [3.63, 3.8) is 0 Å². The standard InChI is InChI=1S/C24H29Cl2N3O5.C2HF3O2/c25-16-3-1-15(2-4-16)11-28-7-5-17(6-8-28)27-19-12-29(13-22(19)31)20-10-21(30)18(26)9-23(20)34-14-24(32)33;3-2(4,5)1(6)7/h1-4,9-10,17,19,22,27,30-31H,5-8,11-14H2,(H,32,33);(H,6,7)/t19?,22-;/m1./s1. The van der Waals surface area contributed by atoms with Crippen LogP contribution in [0.3, 0.4) is 0 Å². The average Bonchev–Trinajstić information content (AvgIpc) is 3.26. The summed E-state index contributed by atoms with van der Waals surface area (Å²) in [6.07, 6.45) is -3.74. The van der Waals surface area contributed by atoms with Gasteiger partial charge in [-0.15, -0.1) is 0 Å². The first-order valence-corrected chi connectivity index (χ1v) is 13.3. The van der Waals surface area contributed by atoms with Crippen molar-refractivity contribution < 1.29 is 47.9 Å². The number of nitrogens with zero attached hydrogens (tertiary/aromatic N) is 2. The number of halogens is 5. The van der Waals surface area contributed by atoms with Gasteiger partial charge in [-0.05, 0) is 43.6 Å². The van der Waals surface area contributed by atoms with E-state index in [2.05, 4.69) is 22.3 Å². The van der Waals surface area contributed by atoms with Crippen LogP contribution < -0.4 is 15.0 Å². The second-order valence-corrected chi connectivity index (χ2v) is 10.5. The molecule has 2 aliphatic rings. The molecule has 5 N–H and O–H groups in total. The van der Waals surface area contributed by atoms with Gasteiger partial charge in [-0.3, -0.25) is 4.90 Å². The molecule has 2 atom stereocenters. The summed E-state index contributed by atoms with van der Waals surface area (Å²) in [4.78, 5) is 24.1. The number of phenols is 1. The van der Waals surface area contributed by atoms with E-state index in [1.807, 2.05) is 17.0 Å². The van der Waals surface area contributed by atoms with Crippen molar-refractivity contribution in [2.24, 2.45) is 0 Å². The van der Waals surface area contributed by atoms with Crippen LogP contribution in [-0.2, 0) is 16.1 Å². The number of hydrogen-bond donors (Lipinski definition) is 5. The van der Waals surface area contributed by atoms with E-state index >= 15 is 0 Å². The topological polar surface area (TPSA) is 143 Å². The number of carboxylic acids is 2. The first-order chi connectivity index (χ1) is 19.2. The van der Waals surface area contributed by atoms with Gasteiger partial charge in [0.2, 0.25) is 0 Å². The lowest BCUT2D eigenvalue weighted by Gasteiger charge is -2.34. The molecular weight excluding hydrogens is 594 g/mol. The van der Waals surface area contributed by atoms with E-state index in [1.165, 1.54) is 17.7 Å². The van der Waals surface area contributed by atoms with Gasteiger partial charge in [0.25, 0.3) is 0 Å². The van der Waals surface area contributed by atoms with Crippen LogP contribution in [0.1, 0.15) is 18.4 Å². The Morgan fingerprint density at radius 3 is 2.22 bits per heavy atom. The van der Waals surface area contributed by atoms with E-state index in [1.54, 1.807) is 0 Å². The number of ether oxygens (including phenoxy) is 1. The Morgan fingerprint density at radius 2 is 1.66 bits per heavy atom. The number of aliphatic hydroxyl groups is 1. The van der Waals surface area contributed by atoms with E-state index in [9.17, 15) is 28.2 Å². The molecule has 2 saturated heterocycles. The third-order valence-corrected chi connectivity index (χ3v) is 7.16. The summed E-state index contributed by atoms with van der Waals surface area (Å²) < 4.78 is 37.1. The van der Waals surface area contributed by atoms with Crippen LogP contribution in [0.2, 0.25) is 10.0 Å². The lowest BCUT2D eigenvalue weighted by atomic mass is 10.0. The van der Waals surface area contributed by atoms with Crippen LogP contribution in [-0.4, -0.2) is 94.4 Å². The predicted octanol–water partition coefficient (Wildman–Crippen LogP) is 3.60. The zero-order valence-corrected chi connectivity index (χ0v) is 23.2. The number of aliphatic hydroxyl groups excluding tert-OH is 1. The molecule has 2 fully saturated rings. The summed E-state index contributed by atoms with van der Waals surface area (Å²) in [6.45, 7) is 3.12. The van der Waals surface area contributed by atoms with Crippen molar-refractivity contribution in [3.05, 3.63) is 52.0 Å². The Hall–Kier alpha value is -2.97. The predicted molar refractivity (Wildman–Crippen MR) is 145 cm³/mol. The molecule has 0 aromatic heterocycles. The number of rotatable bonds is 8. The smallest absolute Gasteiger partial charge is 0.490 e. The molecular formula is C26H30Cl2F3N3O7. The van der Waals surface area contributed by atoms with Crippen molar-refractivity contribution in [1.82, 2.24) is 10.2 Å². The highest BCUT2D eigenvalue weighted by molar-refractivity contribution is 6.32.